The summed E-state index contributed by atoms with van der Waals surface area (Å²) < 4.78 is 23.5. The van der Waals surface area contributed by atoms with Crippen molar-refractivity contribution in [1.82, 2.24) is 5.32 Å². The Morgan fingerprint density at radius 2 is 1.08 bits per heavy atom. The van der Waals surface area contributed by atoms with Gasteiger partial charge in [0.15, 0.2) is 0 Å². The first-order valence-corrected chi connectivity index (χ1v) is 22.1. The summed E-state index contributed by atoms with van der Waals surface area (Å²) in [5.74, 6) is -0.179. The number of allylic oxidation sites excluding steroid dienone is 1. The lowest BCUT2D eigenvalue weighted by Gasteiger charge is -2.25. The van der Waals surface area contributed by atoms with Crippen molar-refractivity contribution in [1.29, 1.82) is 0 Å². The Hall–Kier alpha value is -0.760. The Labute approximate surface area is 303 Å². The van der Waals surface area contributed by atoms with Gasteiger partial charge in [0, 0.05) is 6.42 Å². The van der Waals surface area contributed by atoms with Gasteiger partial charge in [-0.1, -0.05) is 174 Å². The van der Waals surface area contributed by atoms with Crippen LogP contribution in [0, 0.1) is 0 Å². The number of hydrogen-bond acceptors (Lipinski definition) is 5. The number of hydrogen-bond donors (Lipinski definition) is 3. The van der Waals surface area contributed by atoms with Crippen molar-refractivity contribution >= 4 is 13.7 Å². The van der Waals surface area contributed by atoms with E-state index in [2.05, 4.69) is 19.2 Å². The zero-order valence-electron chi connectivity index (χ0n) is 32.9. The topological polar surface area (TPSA) is 105 Å². The van der Waals surface area contributed by atoms with Crippen LogP contribution in [-0.2, 0) is 18.4 Å². The summed E-state index contributed by atoms with van der Waals surface area (Å²) in [4.78, 5) is 23.0. The number of aliphatic hydroxyl groups is 1. The van der Waals surface area contributed by atoms with Gasteiger partial charge in [-0.2, -0.15) is 0 Å². The van der Waals surface area contributed by atoms with Crippen LogP contribution in [0.2, 0.25) is 0 Å². The molecule has 0 fully saturated rings. The van der Waals surface area contributed by atoms with Gasteiger partial charge in [0.2, 0.25) is 5.91 Å². The molecule has 0 aliphatic heterocycles. The van der Waals surface area contributed by atoms with Crippen molar-refractivity contribution in [2.75, 3.05) is 40.9 Å². The van der Waals surface area contributed by atoms with Crippen LogP contribution in [0.1, 0.15) is 187 Å². The molecule has 0 aromatic rings. The van der Waals surface area contributed by atoms with Crippen LogP contribution in [0.3, 0.4) is 0 Å². The van der Waals surface area contributed by atoms with Gasteiger partial charge in [-0.15, -0.1) is 0 Å². The lowest BCUT2D eigenvalue weighted by Crippen LogP contribution is -2.45. The predicted molar refractivity (Wildman–Crippen MR) is 208 cm³/mol. The van der Waals surface area contributed by atoms with E-state index in [0.29, 0.717) is 17.4 Å². The Bertz CT molecular complexity index is 819. The second-order valence-corrected chi connectivity index (χ2v) is 16.8. The fourth-order valence-electron chi connectivity index (χ4n) is 5.92. The monoisotopic (exact) mass is 718 g/mol. The highest BCUT2D eigenvalue weighted by atomic mass is 31.2. The van der Waals surface area contributed by atoms with Crippen molar-refractivity contribution in [3.8, 4) is 0 Å². The number of phosphoric ester groups is 1. The first kappa shape index (κ1) is 48.2. The molecule has 0 rings (SSSR count). The molecule has 8 nitrogen and oxygen atoms in total. The fraction of sp³-hybridized carbons (Fsp3) is 0.925. The molecule has 0 saturated heterocycles. The minimum atomic E-state index is -4.32. The van der Waals surface area contributed by atoms with Crippen molar-refractivity contribution < 1.29 is 32.9 Å². The highest BCUT2D eigenvalue weighted by molar-refractivity contribution is 7.47. The Balaban J connectivity index is 4.44. The number of aliphatic hydroxyl groups excluding tert-OH is 1. The van der Waals surface area contributed by atoms with Crippen molar-refractivity contribution in [3.05, 3.63) is 12.2 Å². The van der Waals surface area contributed by atoms with Crippen molar-refractivity contribution in [2.24, 2.45) is 0 Å². The van der Waals surface area contributed by atoms with E-state index in [4.69, 9.17) is 9.05 Å². The predicted octanol–water partition coefficient (Wildman–Crippen LogP) is 10.8. The zero-order valence-corrected chi connectivity index (χ0v) is 33.8. The Morgan fingerprint density at radius 3 is 1.51 bits per heavy atom. The van der Waals surface area contributed by atoms with Crippen LogP contribution in [-0.4, -0.2) is 73.4 Å². The number of phosphoric acid groups is 1. The maximum absolute atomic E-state index is 12.8. The Kier molecular flexibility index (Phi) is 32.6. The van der Waals surface area contributed by atoms with Gasteiger partial charge in [-0.05, 0) is 19.3 Å². The molecular formula is C40H82N2O6P+. The van der Waals surface area contributed by atoms with Crippen LogP contribution < -0.4 is 5.32 Å². The van der Waals surface area contributed by atoms with E-state index in [-0.39, 0.29) is 19.1 Å². The zero-order chi connectivity index (χ0) is 36.5. The molecule has 0 heterocycles. The first-order chi connectivity index (χ1) is 23.5. The smallest absolute Gasteiger partial charge is 0.387 e. The number of carbonyl (C=O) groups excluding carboxylic acids is 1. The summed E-state index contributed by atoms with van der Waals surface area (Å²) in [6.07, 6.45) is 35.6. The molecule has 0 spiro atoms. The molecule has 3 atom stereocenters. The van der Waals surface area contributed by atoms with Crippen LogP contribution in [0.5, 0.6) is 0 Å². The van der Waals surface area contributed by atoms with E-state index in [1.54, 1.807) is 6.08 Å². The largest absolute Gasteiger partial charge is 0.472 e. The molecule has 0 saturated carbocycles. The number of rotatable bonds is 37. The van der Waals surface area contributed by atoms with Crippen LogP contribution >= 0.6 is 7.82 Å². The summed E-state index contributed by atoms with van der Waals surface area (Å²) in [5, 5.41) is 13.8. The normalized spacial score (nSPS) is 14.7. The summed E-state index contributed by atoms with van der Waals surface area (Å²) in [6.45, 7) is 4.80. The van der Waals surface area contributed by atoms with Gasteiger partial charge in [-0.25, -0.2) is 4.57 Å². The van der Waals surface area contributed by atoms with E-state index in [1.807, 2.05) is 27.2 Å². The number of unbranched alkanes of at least 4 members (excludes halogenated alkanes) is 24. The molecule has 3 N–H and O–H groups in total. The minimum absolute atomic E-state index is 0.0642. The summed E-state index contributed by atoms with van der Waals surface area (Å²) in [7, 11) is 1.58. The minimum Gasteiger partial charge on any atom is -0.387 e. The SMILES string of the molecule is CCCCCCCCCCCCCCCCC/C=C/[C@H](O)[C@@H](COP(=O)(O)OCC[N+](C)(C)C)NC(=O)CCCCCCCCCCCC. The maximum atomic E-state index is 12.8. The molecule has 0 radical (unpaired) electrons. The molecule has 1 amide bonds. The highest BCUT2D eigenvalue weighted by Crippen LogP contribution is 2.43. The van der Waals surface area contributed by atoms with Crippen LogP contribution in [0.15, 0.2) is 12.2 Å². The standard InChI is InChI=1S/C40H81N2O6P/c1-6-8-10-12-14-16-18-19-20-21-22-23-24-25-27-29-31-33-39(43)38(37-48-49(45,46)47-36-35-42(3,4)5)41-40(44)34-32-30-28-26-17-15-13-11-9-7-2/h31,33,38-39,43H,6-30,32,34-37H2,1-5H3,(H-,41,44,45,46)/p+1/b33-31+/t38-,39+/m1/s1. The van der Waals surface area contributed by atoms with Gasteiger partial charge in [-0.3, -0.25) is 13.8 Å². The van der Waals surface area contributed by atoms with Gasteiger partial charge in [0.05, 0.1) is 39.9 Å². The van der Waals surface area contributed by atoms with E-state index >= 15 is 0 Å². The molecule has 0 aromatic heterocycles. The van der Waals surface area contributed by atoms with Gasteiger partial charge >= 0.3 is 7.82 Å². The third kappa shape index (κ3) is 35.4. The van der Waals surface area contributed by atoms with E-state index in [1.165, 1.54) is 135 Å². The van der Waals surface area contributed by atoms with Gasteiger partial charge in [0.1, 0.15) is 13.2 Å². The van der Waals surface area contributed by atoms with Crippen molar-refractivity contribution in [2.45, 2.75) is 199 Å². The second-order valence-electron chi connectivity index (χ2n) is 15.4. The van der Waals surface area contributed by atoms with Crippen molar-refractivity contribution in [3.63, 3.8) is 0 Å². The summed E-state index contributed by atoms with van der Waals surface area (Å²) in [6, 6.07) is -0.838. The number of nitrogens with zero attached hydrogens (tertiary/aromatic N) is 1. The molecule has 0 aliphatic carbocycles. The summed E-state index contributed by atoms with van der Waals surface area (Å²) in [5.41, 5.74) is 0. The average molecular weight is 718 g/mol. The number of carbonyl (C=O) groups is 1. The lowest BCUT2D eigenvalue weighted by molar-refractivity contribution is -0.870. The molecule has 9 heteroatoms. The first-order valence-electron chi connectivity index (χ1n) is 20.6. The molecule has 49 heavy (non-hydrogen) atoms. The molecule has 0 bridgehead atoms. The number of likely N-dealkylation sites (N-methyl/N-ethyl adjacent to an activating group) is 1. The van der Waals surface area contributed by atoms with Crippen LogP contribution in [0.4, 0.5) is 0 Å². The molecule has 292 valence electrons. The Morgan fingerprint density at radius 1 is 0.673 bits per heavy atom. The van der Waals surface area contributed by atoms with E-state index in [0.717, 1.165) is 32.1 Å². The second kappa shape index (κ2) is 33.1. The number of amides is 1. The fourth-order valence-corrected chi connectivity index (χ4v) is 6.66. The van der Waals surface area contributed by atoms with Gasteiger partial charge in [0.25, 0.3) is 0 Å². The van der Waals surface area contributed by atoms with Gasteiger partial charge < -0.3 is 19.8 Å². The molecule has 1 unspecified atom stereocenters. The lowest BCUT2D eigenvalue weighted by atomic mass is 10.0. The summed E-state index contributed by atoms with van der Waals surface area (Å²) >= 11 is 0. The number of nitrogens with one attached hydrogen (secondary N) is 1. The molecule has 0 aromatic carbocycles. The molecular weight excluding hydrogens is 635 g/mol. The highest BCUT2D eigenvalue weighted by Gasteiger charge is 2.27. The van der Waals surface area contributed by atoms with Crippen LogP contribution in [0.25, 0.3) is 0 Å². The third-order valence-corrected chi connectivity index (χ3v) is 10.2. The quantitative estimate of drug-likeness (QED) is 0.0256. The average Bonchev–Trinajstić information content (AvgIpc) is 3.04. The van der Waals surface area contributed by atoms with E-state index in [9.17, 15) is 19.4 Å². The third-order valence-electron chi connectivity index (χ3n) is 9.26. The molecule has 0 aliphatic rings. The van der Waals surface area contributed by atoms with E-state index < -0.39 is 20.0 Å². The maximum Gasteiger partial charge on any atom is 0.472 e. The number of quaternary nitrogens is 1.